The maximum atomic E-state index is 11.4. The SMILES string of the molecule is CCC1CC(/C=C/C=C2\Sc3ccc(Cl)cc3N2CCOC)=CC(=C/c2sc3ccc(Cl)cc3[n+]2CCC(=O)O)/C1. The maximum Gasteiger partial charge on any atom is 0.309 e. The molecule has 0 fully saturated rings. The second kappa shape index (κ2) is 13.6. The van der Waals surface area contributed by atoms with Gasteiger partial charge in [-0.05, 0) is 66.3 Å². The molecule has 41 heavy (non-hydrogen) atoms. The number of halogens is 2. The predicted octanol–water partition coefficient (Wildman–Crippen LogP) is 8.76. The number of ether oxygens (including phenoxy) is 1. The smallest absolute Gasteiger partial charge is 0.309 e. The number of aryl methyl sites for hydroxylation is 1. The Morgan fingerprint density at radius 3 is 2.78 bits per heavy atom. The van der Waals surface area contributed by atoms with Crippen LogP contribution in [-0.2, 0) is 16.1 Å². The molecule has 0 saturated carbocycles. The fourth-order valence-corrected chi connectivity index (χ4v) is 7.80. The lowest BCUT2D eigenvalue weighted by Gasteiger charge is -2.22. The van der Waals surface area contributed by atoms with Gasteiger partial charge in [0.1, 0.15) is 11.1 Å². The maximum absolute atomic E-state index is 11.4. The van der Waals surface area contributed by atoms with E-state index < -0.39 is 5.97 Å². The molecule has 0 spiro atoms. The lowest BCUT2D eigenvalue weighted by molar-refractivity contribution is -0.667. The summed E-state index contributed by atoms with van der Waals surface area (Å²) in [6.07, 6.45) is 14.2. The number of aromatic nitrogens is 1. The number of anilines is 1. The molecule has 5 rings (SSSR count). The van der Waals surface area contributed by atoms with E-state index in [1.807, 2.05) is 30.3 Å². The first kappa shape index (κ1) is 29.9. The predicted molar refractivity (Wildman–Crippen MR) is 172 cm³/mol. The number of hydrogen-bond donors (Lipinski definition) is 1. The van der Waals surface area contributed by atoms with Gasteiger partial charge in [0.05, 0.1) is 17.3 Å². The second-order valence-electron chi connectivity index (χ2n) is 10.2. The minimum atomic E-state index is -0.810. The molecular weight excluding hydrogens is 595 g/mol. The Labute approximate surface area is 259 Å². The highest BCUT2D eigenvalue weighted by atomic mass is 35.5. The highest BCUT2D eigenvalue weighted by molar-refractivity contribution is 8.03. The van der Waals surface area contributed by atoms with Crippen molar-refractivity contribution in [3.05, 3.63) is 91.9 Å². The zero-order valence-corrected chi connectivity index (χ0v) is 26.3. The summed E-state index contributed by atoms with van der Waals surface area (Å²) in [4.78, 5) is 14.8. The molecule has 5 nitrogen and oxygen atoms in total. The summed E-state index contributed by atoms with van der Waals surface area (Å²) in [6, 6.07) is 11.8. The molecular formula is C32H33Cl2N2O3S2+. The highest BCUT2D eigenvalue weighted by Gasteiger charge is 2.25. The van der Waals surface area contributed by atoms with E-state index in [9.17, 15) is 9.90 Å². The topological polar surface area (TPSA) is 53.7 Å². The molecule has 1 aromatic heterocycles. The quantitative estimate of drug-likeness (QED) is 0.228. The number of thiazole rings is 1. The van der Waals surface area contributed by atoms with Crippen molar-refractivity contribution in [2.45, 2.75) is 44.0 Å². The van der Waals surface area contributed by atoms with Gasteiger partial charge in [-0.25, -0.2) is 0 Å². The molecule has 1 N–H and O–H groups in total. The third kappa shape index (κ3) is 7.27. The van der Waals surface area contributed by atoms with E-state index in [-0.39, 0.29) is 6.42 Å². The van der Waals surface area contributed by atoms with Crippen LogP contribution in [0.3, 0.4) is 0 Å². The Hall–Kier alpha value is -2.55. The van der Waals surface area contributed by atoms with Gasteiger partial charge < -0.3 is 14.7 Å². The van der Waals surface area contributed by atoms with E-state index in [4.69, 9.17) is 27.9 Å². The van der Waals surface area contributed by atoms with Crippen LogP contribution in [0.4, 0.5) is 5.69 Å². The van der Waals surface area contributed by atoms with Gasteiger partial charge in [0.25, 0.3) is 5.01 Å². The number of rotatable bonds is 10. The average molecular weight is 629 g/mol. The van der Waals surface area contributed by atoms with Crippen LogP contribution in [0.15, 0.2) is 81.8 Å². The molecule has 0 bridgehead atoms. The molecule has 3 aromatic rings. The number of methoxy groups -OCH3 is 1. The van der Waals surface area contributed by atoms with Crippen molar-refractivity contribution in [1.29, 1.82) is 0 Å². The second-order valence-corrected chi connectivity index (χ2v) is 13.2. The summed E-state index contributed by atoms with van der Waals surface area (Å²) in [5.41, 5.74) is 4.65. The van der Waals surface area contributed by atoms with Crippen LogP contribution in [0.2, 0.25) is 10.0 Å². The Morgan fingerprint density at radius 2 is 2.00 bits per heavy atom. The number of carboxylic acid groups (broad SMARTS) is 1. The molecule has 9 heteroatoms. The molecule has 2 aromatic carbocycles. The number of allylic oxidation sites excluding steroid dienone is 6. The van der Waals surface area contributed by atoms with E-state index in [2.05, 4.69) is 52.8 Å². The van der Waals surface area contributed by atoms with E-state index in [1.54, 1.807) is 30.2 Å². The number of fused-ring (bicyclic) bond motifs is 2. The van der Waals surface area contributed by atoms with Gasteiger partial charge in [0.15, 0.2) is 6.54 Å². The van der Waals surface area contributed by atoms with Gasteiger partial charge in [-0.2, -0.15) is 4.57 Å². The molecule has 1 unspecified atom stereocenters. The first-order valence-electron chi connectivity index (χ1n) is 13.7. The van der Waals surface area contributed by atoms with Crippen LogP contribution in [0.25, 0.3) is 16.3 Å². The van der Waals surface area contributed by atoms with Gasteiger partial charge in [-0.3, -0.25) is 4.79 Å². The lowest BCUT2D eigenvalue weighted by Crippen LogP contribution is -2.36. The van der Waals surface area contributed by atoms with Crippen LogP contribution in [0.5, 0.6) is 0 Å². The largest absolute Gasteiger partial charge is 0.481 e. The summed E-state index contributed by atoms with van der Waals surface area (Å²) < 4.78 is 8.55. The first-order valence-corrected chi connectivity index (χ1v) is 16.1. The van der Waals surface area contributed by atoms with E-state index in [0.717, 1.165) is 56.8 Å². The van der Waals surface area contributed by atoms with Crippen molar-refractivity contribution in [3.63, 3.8) is 0 Å². The molecule has 2 aliphatic rings. The molecule has 0 saturated heterocycles. The summed E-state index contributed by atoms with van der Waals surface area (Å²) in [7, 11) is 1.72. The van der Waals surface area contributed by atoms with Crippen LogP contribution in [0, 0.1) is 5.92 Å². The molecule has 1 atom stereocenters. The third-order valence-electron chi connectivity index (χ3n) is 7.31. The van der Waals surface area contributed by atoms with Gasteiger partial charge in [0.2, 0.25) is 5.52 Å². The summed E-state index contributed by atoms with van der Waals surface area (Å²) in [5, 5.41) is 12.9. The van der Waals surface area contributed by atoms with Crippen molar-refractivity contribution in [1.82, 2.24) is 0 Å². The van der Waals surface area contributed by atoms with E-state index in [1.165, 1.54) is 16.0 Å². The lowest BCUT2D eigenvalue weighted by atomic mass is 9.84. The Morgan fingerprint density at radius 1 is 1.20 bits per heavy atom. The fraction of sp³-hybridized carbons (Fsp3) is 0.312. The van der Waals surface area contributed by atoms with E-state index in [0.29, 0.717) is 24.1 Å². The monoisotopic (exact) mass is 627 g/mol. The van der Waals surface area contributed by atoms with E-state index >= 15 is 0 Å². The van der Waals surface area contributed by atoms with Crippen LogP contribution in [-0.4, -0.2) is 31.3 Å². The highest BCUT2D eigenvalue weighted by Crippen LogP contribution is 2.46. The number of benzene rings is 2. The van der Waals surface area contributed by atoms with Crippen molar-refractivity contribution >= 4 is 74.2 Å². The fourth-order valence-electron chi connectivity index (χ4n) is 5.24. The first-order chi connectivity index (χ1) is 19.8. The summed E-state index contributed by atoms with van der Waals surface area (Å²) in [5.74, 6) is -0.254. The molecule has 214 valence electrons. The van der Waals surface area contributed by atoms with Crippen molar-refractivity contribution in [3.8, 4) is 0 Å². The van der Waals surface area contributed by atoms with Crippen molar-refractivity contribution in [2.75, 3.05) is 25.2 Å². The van der Waals surface area contributed by atoms with Gasteiger partial charge in [-0.15, -0.1) is 0 Å². The van der Waals surface area contributed by atoms with Crippen molar-refractivity contribution < 1.29 is 19.2 Å². The number of hydrogen-bond acceptors (Lipinski definition) is 5. The number of carboxylic acids is 1. The molecule has 0 amide bonds. The Balaban J connectivity index is 1.43. The Bertz CT molecular complexity index is 1570. The zero-order chi connectivity index (χ0) is 28.9. The van der Waals surface area contributed by atoms with Crippen molar-refractivity contribution in [2.24, 2.45) is 5.92 Å². The van der Waals surface area contributed by atoms with Gasteiger partial charge >= 0.3 is 5.97 Å². The number of thioether (sulfide) groups is 1. The minimum absolute atomic E-state index is 0.0603. The third-order valence-corrected chi connectivity index (χ3v) is 10.0. The summed E-state index contributed by atoms with van der Waals surface area (Å²) in [6.45, 7) is 4.03. The van der Waals surface area contributed by atoms with Gasteiger partial charge in [0, 0.05) is 40.7 Å². The minimum Gasteiger partial charge on any atom is -0.481 e. The number of carbonyl (C=O) groups is 1. The number of nitrogens with zero attached hydrogens (tertiary/aromatic N) is 2. The molecule has 0 radical (unpaired) electrons. The van der Waals surface area contributed by atoms with Crippen LogP contribution in [0.1, 0.15) is 37.6 Å². The standard InChI is InChI=1S/C32H32Cl2N2O3S2/c1-3-21-15-22(5-4-6-30-36(13-14-39-2)27-20-25(34)7-9-28(27)40-30)17-23(16-21)18-31-35(12-11-32(37)38)26-19-24(33)8-10-29(26)41-31/h4-10,17-21H,3,11-16H2,1-2H3/p+1. The van der Waals surface area contributed by atoms with Crippen LogP contribution < -0.4 is 9.47 Å². The zero-order valence-electron chi connectivity index (χ0n) is 23.1. The number of aliphatic carboxylic acids is 1. The van der Waals surface area contributed by atoms with Gasteiger partial charge in [-0.1, -0.05) is 77.9 Å². The summed E-state index contributed by atoms with van der Waals surface area (Å²) >= 11 is 16.0. The Kier molecular flexibility index (Phi) is 9.94. The normalized spacial score (nSPS) is 19.1. The molecule has 1 aliphatic carbocycles. The van der Waals surface area contributed by atoms with Crippen LogP contribution >= 0.6 is 46.3 Å². The molecule has 2 heterocycles. The molecule has 1 aliphatic heterocycles. The average Bonchev–Trinajstić information content (AvgIpc) is 3.46.